The molecule has 5 heteroatoms. The highest BCUT2D eigenvalue weighted by Crippen LogP contribution is 2.34. The first-order valence-corrected chi connectivity index (χ1v) is 8.26. The number of benzene rings is 1. The van der Waals surface area contributed by atoms with Gasteiger partial charge in [0.05, 0.1) is 19.3 Å². The number of ether oxygens (including phenoxy) is 2. The van der Waals surface area contributed by atoms with Crippen molar-refractivity contribution in [3.63, 3.8) is 0 Å². The molecule has 0 saturated carbocycles. The number of nitrogens with one attached hydrogen (secondary N) is 1. The van der Waals surface area contributed by atoms with E-state index in [9.17, 15) is 4.79 Å². The van der Waals surface area contributed by atoms with Gasteiger partial charge in [-0.3, -0.25) is 9.78 Å². The molecule has 0 fully saturated rings. The van der Waals surface area contributed by atoms with E-state index in [0.717, 1.165) is 23.5 Å². The van der Waals surface area contributed by atoms with Gasteiger partial charge in [0.15, 0.2) is 11.5 Å². The largest absolute Gasteiger partial charge is 0.490 e. The minimum Gasteiger partial charge on any atom is -0.490 e. The van der Waals surface area contributed by atoms with E-state index in [-0.39, 0.29) is 17.9 Å². The predicted molar refractivity (Wildman–Crippen MR) is 91.3 cm³/mol. The molecular weight excluding hydrogens is 304 g/mol. The Bertz CT molecular complexity index is 701. The summed E-state index contributed by atoms with van der Waals surface area (Å²) in [7, 11) is 0. The molecule has 1 atom stereocenters. The second-order valence-electron chi connectivity index (χ2n) is 6.17. The van der Waals surface area contributed by atoms with Crippen LogP contribution in [0.15, 0.2) is 42.6 Å². The quantitative estimate of drug-likeness (QED) is 0.936. The van der Waals surface area contributed by atoms with Gasteiger partial charge in [-0.2, -0.15) is 0 Å². The van der Waals surface area contributed by atoms with Crippen LogP contribution in [0.25, 0.3) is 0 Å². The first-order valence-electron chi connectivity index (χ1n) is 8.26. The number of fused-ring (bicyclic) bond motifs is 1. The van der Waals surface area contributed by atoms with E-state index < -0.39 is 0 Å². The van der Waals surface area contributed by atoms with E-state index in [0.29, 0.717) is 18.9 Å². The van der Waals surface area contributed by atoms with Crippen LogP contribution in [0.1, 0.15) is 42.4 Å². The molecule has 0 unspecified atom stereocenters. The van der Waals surface area contributed by atoms with Crippen LogP contribution >= 0.6 is 0 Å². The van der Waals surface area contributed by atoms with Gasteiger partial charge in [0.25, 0.3) is 5.91 Å². The Kier molecular flexibility index (Phi) is 4.99. The molecule has 3 rings (SSSR count). The molecule has 0 bridgehead atoms. The standard InChI is InChI=1S/C19H22N2O3/c1-13(2)18(21-19(22)15-6-3-4-9-20-15)14-7-8-16-17(12-14)24-11-5-10-23-16/h3-4,6-9,12-13,18H,5,10-11H2,1-2H3,(H,21,22)/t18-/m0/s1. The normalized spacial score (nSPS) is 14.8. The number of nitrogens with zero attached hydrogens (tertiary/aromatic N) is 1. The van der Waals surface area contributed by atoms with E-state index in [1.165, 1.54) is 0 Å². The summed E-state index contributed by atoms with van der Waals surface area (Å²) in [6.45, 7) is 5.46. The Morgan fingerprint density at radius 2 is 1.92 bits per heavy atom. The van der Waals surface area contributed by atoms with Gasteiger partial charge < -0.3 is 14.8 Å². The van der Waals surface area contributed by atoms with Crippen molar-refractivity contribution < 1.29 is 14.3 Å². The van der Waals surface area contributed by atoms with Crippen molar-refractivity contribution in [3.8, 4) is 11.5 Å². The molecule has 24 heavy (non-hydrogen) atoms. The van der Waals surface area contributed by atoms with Crippen LogP contribution in [0.5, 0.6) is 11.5 Å². The molecule has 0 spiro atoms. The van der Waals surface area contributed by atoms with Crippen molar-refractivity contribution >= 4 is 5.91 Å². The zero-order valence-electron chi connectivity index (χ0n) is 14.0. The lowest BCUT2D eigenvalue weighted by atomic mass is 9.95. The summed E-state index contributed by atoms with van der Waals surface area (Å²) < 4.78 is 11.4. The number of amides is 1. The molecule has 1 aromatic carbocycles. The number of rotatable bonds is 4. The maximum atomic E-state index is 12.4. The van der Waals surface area contributed by atoms with E-state index in [4.69, 9.17) is 9.47 Å². The van der Waals surface area contributed by atoms with Crippen LogP contribution in [0.3, 0.4) is 0 Å². The Balaban J connectivity index is 1.83. The molecule has 1 aliphatic heterocycles. The molecule has 2 heterocycles. The molecular formula is C19H22N2O3. The van der Waals surface area contributed by atoms with Crippen molar-refractivity contribution in [3.05, 3.63) is 53.9 Å². The van der Waals surface area contributed by atoms with Crippen LogP contribution in [-0.4, -0.2) is 24.1 Å². The number of aromatic nitrogens is 1. The second kappa shape index (κ2) is 7.34. The Morgan fingerprint density at radius 1 is 1.12 bits per heavy atom. The number of carbonyl (C=O) groups is 1. The lowest BCUT2D eigenvalue weighted by Gasteiger charge is -2.23. The third kappa shape index (κ3) is 3.67. The van der Waals surface area contributed by atoms with Gasteiger partial charge in [0, 0.05) is 12.6 Å². The third-order valence-corrected chi connectivity index (χ3v) is 3.98. The zero-order chi connectivity index (χ0) is 16.9. The minimum atomic E-state index is -0.179. The van der Waals surface area contributed by atoms with Crippen molar-refractivity contribution in [1.29, 1.82) is 0 Å². The first-order chi connectivity index (χ1) is 11.6. The molecule has 1 aromatic heterocycles. The zero-order valence-corrected chi connectivity index (χ0v) is 14.0. The fourth-order valence-corrected chi connectivity index (χ4v) is 2.72. The maximum absolute atomic E-state index is 12.4. The highest BCUT2D eigenvalue weighted by Gasteiger charge is 2.22. The van der Waals surface area contributed by atoms with E-state index in [2.05, 4.69) is 24.1 Å². The predicted octanol–water partition coefficient (Wildman–Crippen LogP) is 3.37. The summed E-state index contributed by atoms with van der Waals surface area (Å²) in [6.07, 6.45) is 2.49. The van der Waals surface area contributed by atoms with Gasteiger partial charge >= 0.3 is 0 Å². The third-order valence-electron chi connectivity index (χ3n) is 3.98. The second-order valence-corrected chi connectivity index (χ2v) is 6.17. The van der Waals surface area contributed by atoms with E-state index >= 15 is 0 Å². The van der Waals surface area contributed by atoms with Crippen LogP contribution in [-0.2, 0) is 0 Å². The van der Waals surface area contributed by atoms with E-state index in [1.54, 1.807) is 24.4 Å². The van der Waals surface area contributed by atoms with Crippen molar-refractivity contribution in [2.45, 2.75) is 26.3 Å². The van der Waals surface area contributed by atoms with Crippen LogP contribution in [0, 0.1) is 5.92 Å². The van der Waals surface area contributed by atoms with Crippen LogP contribution in [0.2, 0.25) is 0 Å². The molecule has 5 nitrogen and oxygen atoms in total. The van der Waals surface area contributed by atoms with E-state index in [1.807, 2.05) is 18.2 Å². The Labute approximate surface area is 142 Å². The van der Waals surface area contributed by atoms with Gasteiger partial charge in [-0.25, -0.2) is 0 Å². The molecule has 1 N–H and O–H groups in total. The average molecular weight is 326 g/mol. The fraction of sp³-hybridized carbons (Fsp3) is 0.368. The highest BCUT2D eigenvalue weighted by molar-refractivity contribution is 5.92. The number of hydrogen-bond donors (Lipinski definition) is 1. The summed E-state index contributed by atoms with van der Waals surface area (Å²) in [5, 5.41) is 3.07. The average Bonchev–Trinajstić information content (AvgIpc) is 2.84. The smallest absolute Gasteiger partial charge is 0.270 e. The van der Waals surface area contributed by atoms with Crippen molar-refractivity contribution in [2.24, 2.45) is 5.92 Å². The molecule has 126 valence electrons. The van der Waals surface area contributed by atoms with Gasteiger partial charge in [-0.15, -0.1) is 0 Å². The molecule has 0 saturated heterocycles. The summed E-state index contributed by atoms with van der Waals surface area (Å²) in [6, 6.07) is 11.0. The SMILES string of the molecule is CC(C)[C@H](NC(=O)c1ccccn1)c1ccc2c(c1)OCCCO2. The van der Waals surface area contributed by atoms with Crippen LogP contribution in [0.4, 0.5) is 0 Å². The summed E-state index contributed by atoms with van der Waals surface area (Å²) in [5.74, 6) is 1.54. The van der Waals surface area contributed by atoms with Gasteiger partial charge in [0.2, 0.25) is 0 Å². The minimum absolute atomic E-state index is 0.128. The summed E-state index contributed by atoms with van der Waals surface area (Å²) >= 11 is 0. The lowest BCUT2D eigenvalue weighted by Crippen LogP contribution is -2.32. The Morgan fingerprint density at radius 3 is 2.62 bits per heavy atom. The molecule has 0 radical (unpaired) electrons. The number of pyridine rings is 1. The number of hydrogen-bond acceptors (Lipinski definition) is 4. The fourth-order valence-electron chi connectivity index (χ4n) is 2.72. The van der Waals surface area contributed by atoms with Crippen molar-refractivity contribution in [1.82, 2.24) is 10.3 Å². The topological polar surface area (TPSA) is 60.5 Å². The van der Waals surface area contributed by atoms with Crippen molar-refractivity contribution in [2.75, 3.05) is 13.2 Å². The molecule has 1 aliphatic rings. The van der Waals surface area contributed by atoms with Gasteiger partial charge in [-0.05, 0) is 35.7 Å². The number of carbonyl (C=O) groups excluding carboxylic acids is 1. The highest BCUT2D eigenvalue weighted by atomic mass is 16.5. The maximum Gasteiger partial charge on any atom is 0.270 e. The van der Waals surface area contributed by atoms with Crippen LogP contribution < -0.4 is 14.8 Å². The molecule has 0 aliphatic carbocycles. The molecule has 2 aromatic rings. The molecule has 1 amide bonds. The Hall–Kier alpha value is -2.56. The van der Waals surface area contributed by atoms with Gasteiger partial charge in [-0.1, -0.05) is 26.0 Å². The monoisotopic (exact) mass is 326 g/mol. The first kappa shape index (κ1) is 16.3. The summed E-state index contributed by atoms with van der Waals surface area (Å²) in [4.78, 5) is 16.6. The lowest BCUT2D eigenvalue weighted by molar-refractivity contribution is 0.0920. The van der Waals surface area contributed by atoms with Gasteiger partial charge in [0.1, 0.15) is 5.69 Å². The summed E-state index contributed by atoms with van der Waals surface area (Å²) in [5.41, 5.74) is 1.41.